The van der Waals surface area contributed by atoms with Crippen molar-refractivity contribution in [2.75, 3.05) is 12.8 Å². The van der Waals surface area contributed by atoms with Crippen molar-refractivity contribution in [3.05, 3.63) is 42.1 Å². The van der Waals surface area contributed by atoms with Crippen LogP contribution in [0.3, 0.4) is 0 Å². The first kappa shape index (κ1) is 22.9. The van der Waals surface area contributed by atoms with E-state index < -0.39 is 10.8 Å². The molecule has 1 aliphatic carbocycles. The summed E-state index contributed by atoms with van der Waals surface area (Å²) in [5, 5.41) is 11.2. The number of benzene rings is 1. The van der Waals surface area contributed by atoms with Crippen LogP contribution in [-0.2, 0) is 17.3 Å². The summed E-state index contributed by atoms with van der Waals surface area (Å²) in [7, 11) is 1.04. The number of aromatic nitrogens is 1. The fourth-order valence-electron chi connectivity index (χ4n) is 3.45. The molecular formula is C20H29IN4O2S. The normalized spacial score (nSPS) is 20.9. The van der Waals surface area contributed by atoms with Crippen molar-refractivity contribution < 1.29 is 8.73 Å². The van der Waals surface area contributed by atoms with Gasteiger partial charge in [0.1, 0.15) is 5.69 Å². The molecule has 0 spiro atoms. The van der Waals surface area contributed by atoms with Crippen molar-refractivity contribution in [2.45, 2.75) is 50.4 Å². The van der Waals surface area contributed by atoms with Crippen LogP contribution in [0.5, 0.6) is 0 Å². The molecule has 0 saturated heterocycles. The number of aliphatic imine (C=N–C) groups is 1. The molecule has 0 bridgehead atoms. The second-order valence-electron chi connectivity index (χ2n) is 6.77. The second kappa shape index (κ2) is 11.5. The van der Waals surface area contributed by atoms with Crippen LogP contribution in [-0.4, -0.2) is 39.4 Å². The van der Waals surface area contributed by atoms with Gasteiger partial charge in [-0.25, -0.2) is 0 Å². The van der Waals surface area contributed by atoms with Crippen molar-refractivity contribution in [1.82, 2.24) is 15.8 Å². The molecule has 1 aliphatic rings. The average Bonchev–Trinajstić information content (AvgIpc) is 3.20. The monoisotopic (exact) mass is 516 g/mol. The minimum Gasteiger partial charge on any atom is -0.356 e. The zero-order chi connectivity index (χ0) is 19.1. The summed E-state index contributed by atoms with van der Waals surface area (Å²) in [6.07, 6.45) is 4.18. The van der Waals surface area contributed by atoms with Crippen molar-refractivity contribution in [3.8, 4) is 11.3 Å². The van der Waals surface area contributed by atoms with Gasteiger partial charge in [-0.1, -0.05) is 48.8 Å². The lowest BCUT2D eigenvalue weighted by atomic mass is 9.95. The van der Waals surface area contributed by atoms with Crippen LogP contribution >= 0.6 is 24.0 Å². The summed E-state index contributed by atoms with van der Waals surface area (Å²) in [4.78, 5) is 4.31. The Kier molecular flexibility index (Phi) is 9.43. The van der Waals surface area contributed by atoms with E-state index in [1.54, 1.807) is 7.05 Å². The van der Waals surface area contributed by atoms with E-state index in [2.05, 4.69) is 20.8 Å². The molecule has 28 heavy (non-hydrogen) atoms. The van der Waals surface area contributed by atoms with Gasteiger partial charge >= 0.3 is 0 Å². The number of nitrogens with one attached hydrogen (secondary N) is 2. The summed E-state index contributed by atoms with van der Waals surface area (Å²) < 4.78 is 17.6. The van der Waals surface area contributed by atoms with Gasteiger partial charge < -0.3 is 15.2 Å². The Bertz CT molecular complexity index is 782. The van der Waals surface area contributed by atoms with Crippen LogP contribution in [0.4, 0.5) is 0 Å². The lowest BCUT2D eigenvalue weighted by molar-refractivity contribution is 0.411. The Hall–Kier alpha value is -1.42. The third-order valence-electron chi connectivity index (χ3n) is 4.90. The molecule has 0 amide bonds. The van der Waals surface area contributed by atoms with Gasteiger partial charge in [0.05, 0.1) is 6.54 Å². The first-order chi connectivity index (χ1) is 13.2. The summed E-state index contributed by atoms with van der Waals surface area (Å²) in [6, 6.07) is 12.2. The van der Waals surface area contributed by atoms with Crippen LogP contribution in [0.15, 0.2) is 45.9 Å². The summed E-state index contributed by atoms with van der Waals surface area (Å²) >= 11 is 0. The minimum absolute atomic E-state index is 0. The molecule has 1 heterocycles. The predicted octanol–water partition coefficient (Wildman–Crippen LogP) is 3.70. The third-order valence-corrected chi connectivity index (χ3v) is 6.64. The van der Waals surface area contributed by atoms with Gasteiger partial charge in [0.15, 0.2) is 11.7 Å². The number of halogens is 1. The number of hydrogen-bond acceptors (Lipinski definition) is 4. The number of hydrogen-bond donors (Lipinski definition) is 2. The molecule has 3 atom stereocenters. The first-order valence-corrected chi connectivity index (χ1v) is 10.9. The molecule has 2 N–H and O–H groups in total. The lowest BCUT2D eigenvalue weighted by Gasteiger charge is -2.30. The van der Waals surface area contributed by atoms with E-state index in [0.717, 1.165) is 54.4 Å². The first-order valence-electron chi connectivity index (χ1n) is 9.55. The predicted molar refractivity (Wildman–Crippen MR) is 125 cm³/mol. The molecule has 6 nitrogen and oxygen atoms in total. The smallest absolute Gasteiger partial charge is 0.191 e. The maximum atomic E-state index is 12.1. The highest BCUT2D eigenvalue weighted by molar-refractivity contribution is 14.0. The van der Waals surface area contributed by atoms with Crippen LogP contribution in [0.25, 0.3) is 11.3 Å². The van der Waals surface area contributed by atoms with Gasteiger partial charge in [-0.3, -0.25) is 9.20 Å². The van der Waals surface area contributed by atoms with Gasteiger partial charge in [0.2, 0.25) is 0 Å². The molecule has 1 aromatic carbocycles. The Labute approximate surface area is 186 Å². The molecule has 1 saturated carbocycles. The Morgan fingerprint density at radius 3 is 2.82 bits per heavy atom. The van der Waals surface area contributed by atoms with Crippen molar-refractivity contribution in [2.24, 2.45) is 4.99 Å². The highest BCUT2D eigenvalue weighted by atomic mass is 127. The van der Waals surface area contributed by atoms with Gasteiger partial charge in [-0.2, -0.15) is 0 Å². The number of nitrogens with zero attached hydrogens (tertiary/aromatic N) is 2. The van der Waals surface area contributed by atoms with Gasteiger partial charge in [0, 0.05) is 46.5 Å². The molecule has 3 rings (SSSR count). The van der Waals surface area contributed by atoms with Crippen molar-refractivity contribution >= 4 is 40.7 Å². The average molecular weight is 516 g/mol. The highest BCUT2D eigenvalue weighted by Crippen LogP contribution is 2.23. The Morgan fingerprint density at radius 1 is 1.32 bits per heavy atom. The van der Waals surface area contributed by atoms with Crippen LogP contribution in [0.2, 0.25) is 0 Å². The third kappa shape index (κ3) is 6.30. The molecule has 3 unspecified atom stereocenters. The molecule has 0 radical (unpaired) electrons. The molecule has 2 aromatic rings. The summed E-state index contributed by atoms with van der Waals surface area (Å²) in [6.45, 7) is 2.53. The molecular weight excluding hydrogens is 487 g/mol. The van der Waals surface area contributed by atoms with Gasteiger partial charge in [-0.15, -0.1) is 24.0 Å². The highest BCUT2D eigenvalue weighted by Gasteiger charge is 2.26. The fraction of sp³-hybridized carbons (Fsp3) is 0.500. The van der Waals surface area contributed by atoms with Crippen LogP contribution in [0.1, 0.15) is 38.3 Å². The largest absolute Gasteiger partial charge is 0.356 e. The SMILES string of the molecule is CCS(=O)C1CCCC(NC(=NC)NCc2cc(-c3ccccc3)on2)C1.I. The lowest BCUT2D eigenvalue weighted by Crippen LogP contribution is -2.46. The number of guanidine groups is 1. The Balaban J connectivity index is 0.00000280. The Morgan fingerprint density at radius 2 is 2.11 bits per heavy atom. The second-order valence-corrected chi connectivity index (χ2v) is 8.78. The van der Waals surface area contributed by atoms with Crippen LogP contribution < -0.4 is 10.6 Å². The standard InChI is InChI=1S/C20H28N4O2S.HI/c1-3-27(25)18-11-7-10-16(12-18)23-20(21-2)22-14-17-13-19(26-24-17)15-8-5-4-6-9-15;/h4-6,8-9,13,16,18H,3,7,10-12,14H2,1-2H3,(H2,21,22,23);1H. The maximum absolute atomic E-state index is 12.1. The van der Waals surface area contributed by atoms with Gasteiger partial charge in [0.25, 0.3) is 0 Å². The minimum atomic E-state index is -0.723. The molecule has 0 aliphatic heterocycles. The summed E-state index contributed by atoms with van der Waals surface area (Å²) in [5.74, 6) is 2.24. The van der Waals surface area contributed by atoms with Crippen molar-refractivity contribution in [1.29, 1.82) is 0 Å². The zero-order valence-corrected chi connectivity index (χ0v) is 19.5. The van der Waals surface area contributed by atoms with E-state index in [-0.39, 0.29) is 24.0 Å². The quantitative estimate of drug-likeness (QED) is 0.348. The zero-order valence-electron chi connectivity index (χ0n) is 16.4. The van der Waals surface area contributed by atoms with E-state index in [9.17, 15) is 4.21 Å². The molecule has 1 fully saturated rings. The van der Waals surface area contributed by atoms with E-state index >= 15 is 0 Å². The maximum Gasteiger partial charge on any atom is 0.191 e. The molecule has 1 aromatic heterocycles. The van der Waals surface area contributed by atoms with E-state index in [1.165, 1.54) is 0 Å². The van der Waals surface area contributed by atoms with Crippen LogP contribution in [0, 0.1) is 0 Å². The fourth-order valence-corrected chi connectivity index (χ4v) is 4.79. The van der Waals surface area contributed by atoms with Crippen molar-refractivity contribution in [3.63, 3.8) is 0 Å². The molecule has 8 heteroatoms. The topological polar surface area (TPSA) is 79.5 Å². The molecule has 154 valence electrons. The van der Waals surface area contributed by atoms with E-state index in [1.807, 2.05) is 43.3 Å². The summed E-state index contributed by atoms with van der Waals surface area (Å²) in [5.41, 5.74) is 1.83. The van der Waals surface area contributed by atoms with E-state index in [4.69, 9.17) is 4.52 Å². The van der Waals surface area contributed by atoms with Gasteiger partial charge in [-0.05, 0) is 19.3 Å². The number of rotatable bonds is 6. The van der Waals surface area contributed by atoms with E-state index in [0.29, 0.717) is 17.8 Å².